The second-order valence-corrected chi connectivity index (χ2v) is 8.05. The molecule has 0 radical (unpaired) electrons. The molecule has 1 aromatic heterocycles. The highest BCUT2D eigenvalue weighted by atomic mass is 79.9. The summed E-state index contributed by atoms with van der Waals surface area (Å²) in [6.45, 7) is 0.550. The summed E-state index contributed by atoms with van der Waals surface area (Å²) >= 11 is 8.22. The summed E-state index contributed by atoms with van der Waals surface area (Å²) in [5.74, 6) is -0.0842. The Morgan fingerprint density at radius 2 is 2.00 bits per heavy atom. The van der Waals surface area contributed by atoms with Crippen LogP contribution in [-0.2, 0) is 0 Å². The number of carbonyl (C=O) groups is 1. The van der Waals surface area contributed by atoms with Crippen LogP contribution in [0, 0.1) is 0 Å². The van der Waals surface area contributed by atoms with Crippen molar-refractivity contribution in [2.75, 3.05) is 6.54 Å². The average molecular weight is 418 g/mol. The van der Waals surface area contributed by atoms with E-state index in [1.807, 2.05) is 30.3 Å². The van der Waals surface area contributed by atoms with Gasteiger partial charge in [0.25, 0.3) is 5.91 Å². The molecule has 0 aliphatic carbocycles. The van der Waals surface area contributed by atoms with Crippen LogP contribution in [0.1, 0.15) is 28.4 Å². The van der Waals surface area contributed by atoms with Crippen LogP contribution in [0.5, 0.6) is 0 Å². The smallest absolute Gasteiger partial charge is 0.253 e. The van der Waals surface area contributed by atoms with Gasteiger partial charge in [-0.2, -0.15) is 0 Å². The third-order valence-corrected chi connectivity index (χ3v) is 5.21. The number of amides is 1. The number of rotatable bonds is 5. The molecule has 0 saturated heterocycles. The maximum absolute atomic E-state index is 12.0. The van der Waals surface area contributed by atoms with Gasteiger partial charge in [-0.15, -0.1) is 11.3 Å². The second kappa shape index (κ2) is 7.36. The lowest BCUT2D eigenvalue weighted by Gasteiger charge is -2.12. The van der Waals surface area contributed by atoms with Gasteiger partial charge in [-0.25, -0.2) is 0 Å². The number of benzene rings is 1. The van der Waals surface area contributed by atoms with E-state index in [1.54, 1.807) is 6.07 Å². The van der Waals surface area contributed by atoms with Crippen LogP contribution in [0.4, 0.5) is 0 Å². The highest BCUT2D eigenvalue weighted by Gasteiger charge is 2.13. The fraction of sp³-hybridized carbons (Fsp3) is 0.214. The largest absolute Gasteiger partial charge is 0.352 e. The van der Waals surface area contributed by atoms with Crippen LogP contribution in [0.15, 0.2) is 44.0 Å². The zero-order chi connectivity index (χ0) is 14.5. The van der Waals surface area contributed by atoms with Crippen LogP contribution in [0.3, 0.4) is 0 Å². The zero-order valence-corrected chi connectivity index (χ0v) is 14.6. The lowest BCUT2D eigenvalue weighted by Crippen LogP contribution is -2.27. The molecule has 0 aliphatic heterocycles. The van der Waals surface area contributed by atoms with E-state index in [2.05, 4.69) is 37.2 Å². The highest BCUT2D eigenvalue weighted by Crippen LogP contribution is 2.31. The predicted molar refractivity (Wildman–Crippen MR) is 90.0 cm³/mol. The van der Waals surface area contributed by atoms with Gasteiger partial charge in [0.2, 0.25) is 0 Å². The SMILES string of the molecule is NC(CCNC(=O)c1cc(Br)sc1Br)c1ccccc1. The number of nitrogens with two attached hydrogens (primary N) is 1. The Bertz CT molecular complexity index is 586. The van der Waals surface area contributed by atoms with Crippen molar-refractivity contribution in [3.05, 3.63) is 55.1 Å². The van der Waals surface area contributed by atoms with Crippen molar-refractivity contribution in [1.82, 2.24) is 5.32 Å². The van der Waals surface area contributed by atoms with Gasteiger partial charge in [-0.1, -0.05) is 30.3 Å². The van der Waals surface area contributed by atoms with Crippen LogP contribution in [-0.4, -0.2) is 12.5 Å². The molecule has 0 aliphatic rings. The van der Waals surface area contributed by atoms with E-state index < -0.39 is 0 Å². The van der Waals surface area contributed by atoms with Crippen molar-refractivity contribution in [3.8, 4) is 0 Å². The molecule has 106 valence electrons. The number of thiophene rings is 1. The monoisotopic (exact) mass is 416 g/mol. The molecule has 1 aromatic carbocycles. The van der Waals surface area contributed by atoms with Gasteiger partial charge in [0.15, 0.2) is 0 Å². The predicted octanol–water partition coefficient (Wildman–Crippen LogP) is 4.09. The Morgan fingerprint density at radius 1 is 1.30 bits per heavy atom. The number of carbonyl (C=O) groups excluding carboxylic acids is 1. The molecule has 1 heterocycles. The molecule has 20 heavy (non-hydrogen) atoms. The Balaban J connectivity index is 1.84. The van der Waals surface area contributed by atoms with Crippen molar-refractivity contribution in [1.29, 1.82) is 0 Å². The molecule has 0 fully saturated rings. The normalized spacial score (nSPS) is 12.2. The molecular weight excluding hydrogens is 404 g/mol. The maximum Gasteiger partial charge on any atom is 0.253 e. The third-order valence-electron chi connectivity index (χ3n) is 2.87. The molecule has 6 heteroatoms. The number of nitrogens with one attached hydrogen (secondary N) is 1. The topological polar surface area (TPSA) is 55.1 Å². The zero-order valence-electron chi connectivity index (χ0n) is 10.6. The molecule has 0 bridgehead atoms. The van der Waals surface area contributed by atoms with Gasteiger partial charge < -0.3 is 11.1 Å². The fourth-order valence-electron chi connectivity index (χ4n) is 1.80. The molecule has 3 nitrogen and oxygen atoms in total. The van der Waals surface area contributed by atoms with E-state index in [-0.39, 0.29) is 11.9 Å². The van der Waals surface area contributed by atoms with E-state index in [4.69, 9.17) is 5.73 Å². The summed E-state index contributed by atoms with van der Waals surface area (Å²) in [6, 6.07) is 11.6. The summed E-state index contributed by atoms with van der Waals surface area (Å²) < 4.78 is 1.75. The minimum absolute atomic E-state index is 0.0610. The first kappa shape index (κ1) is 15.7. The van der Waals surface area contributed by atoms with Gasteiger partial charge in [-0.3, -0.25) is 4.79 Å². The molecular formula is C14H14Br2N2OS. The lowest BCUT2D eigenvalue weighted by atomic mass is 10.1. The van der Waals surface area contributed by atoms with Crippen LogP contribution < -0.4 is 11.1 Å². The fourth-order valence-corrected chi connectivity index (χ4v) is 4.59. The number of hydrogen-bond acceptors (Lipinski definition) is 3. The third kappa shape index (κ3) is 4.15. The summed E-state index contributed by atoms with van der Waals surface area (Å²) in [4.78, 5) is 12.0. The van der Waals surface area contributed by atoms with Gasteiger partial charge in [0, 0.05) is 12.6 Å². The molecule has 3 N–H and O–H groups in total. The van der Waals surface area contributed by atoms with Crippen molar-refractivity contribution in [3.63, 3.8) is 0 Å². The Kier molecular flexibility index (Phi) is 5.77. The van der Waals surface area contributed by atoms with Crippen LogP contribution in [0.25, 0.3) is 0 Å². The van der Waals surface area contributed by atoms with Gasteiger partial charge in [0.1, 0.15) is 0 Å². The highest BCUT2D eigenvalue weighted by molar-refractivity contribution is 9.12. The van der Waals surface area contributed by atoms with Crippen LogP contribution >= 0.6 is 43.2 Å². The molecule has 2 aromatic rings. The summed E-state index contributed by atoms with van der Waals surface area (Å²) in [5.41, 5.74) is 7.82. The first-order valence-electron chi connectivity index (χ1n) is 6.11. The van der Waals surface area contributed by atoms with E-state index >= 15 is 0 Å². The molecule has 1 amide bonds. The van der Waals surface area contributed by atoms with Crippen molar-refractivity contribution in [2.45, 2.75) is 12.5 Å². The Hall–Kier alpha value is -0.690. The average Bonchev–Trinajstić information content (AvgIpc) is 2.78. The van der Waals surface area contributed by atoms with Gasteiger partial charge >= 0.3 is 0 Å². The van der Waals surface area contributed by atoms with Crippen molar-refractivity contribution < 1.29 is 4.79 Å². The molecule has 2 rings (SSSR count). The quantitative estimate of drug-likeness (QED) is 0.769. The van der Waals surface area contributed by atoms with E-state index in [0.717, 1.165) is 13.1 Å². The first-order chi connectivity index (χ1) is 9.58. The summed E-state index contributed by atoms with van der Waals surface area (Å²) in [6.07, 6.45) is 0.707. The number of halogens is 2. The molecule has 1 atom stereocenters. The maximum atomic E-state index is 12.0. The van der Waals surface area contributed by atoms with E-state index in [9.17, 15) is 4.79 Å². The van der Waals surface area contributed by atoms with Gasteiger partial charge in [0.05, 0.1) is 13.1 Å². The Morgan fingerprint density at radius 3 is 2.60 bits per heavy atom. The summed E-state index contributed by atoms with van der Waals surface area (Å²) in [7, 11) is 0. The van der Waals surface area contributed by atoms with Crippen molar-refractivity contribution >= 4 is 49.1 Å². The van der Waals surface area contributed by atoms with Crippen molar-refractivity contribution in [2.24, 2.45) is 5.73 Å². The lowest BCUT2D eigenvalue weighted by molar-refractivity contribution is 0.0952. The second-order valence-electron chi connectivity index (χ2n) is 4.30. The summed E-state index contributed by atoms with van der Waals surface area (Å²) in [5, 5.41) is 2.89. The van der Waals surface area contributed by atoms with E-state index in [0.29, 0.717) is 18.5 Å². The number of hydrogen-bond donors (Lipinski definition) is 2. The molecule has 1 unspecified atom stereocenters. The molecule has 0 saturated carbocycles. The minimum atomic E-state index is -0.0842. The van der Waals surface area contributed by atoms with E-state index in [1.165, 1.54) is 11.3 Å². The molecule has 0 spiro atoms. The first-order valence-corrected chi connectivity index (χ1v) is 8.51. The minimum Gasteiger partial charge on any atom is -0.352 e. The Labute approximate surface area is 138 Å². The van der Waals surface area contributed by atoms with Gasteiger partial charge in [-0.05, 0) is 49.9 Å². The standard InChI is InChI=1S/C14H14Br2N2OS/c15-12-8-10(13(16)20-12)14(19)18-7-6-11(17)9-4-2-1-3-5-9/h1-5,8,11H,6-7,17H2,(H,18,19). The van der Waals surface area contributed by atoms with Crippen LogP contribution in [0.2, 0.25) is 0 Å².